The largest absolute Gasteiger partial charge is 0.372 e. The molecule has 0 atom stereocenters. The summed E-state index contributed by atoms with van der Waals surface area (Å²) in [6.07, 6.45) is 14.8. The van der Waals surface area contributed by atoms with Gasteiger partial charge in [-0.05, 0) is 55.9 Å². The Balaban J connectivity index is 1.29. The van der Waals surface area contributed by atoms with Crippen LogP contribution < -0.4 is 5.32 Å². The number of piperidine rings is 1. The van der Waals surface area contributed by atoms with Crippen molar-refractivity contribution >= 4 is 5.69 Å². The van der Waals surface area contributed by atoms with E-state index in [9.17, 15) is 0 Å². The first kappa shape index (κ1) is 17.4. The molecule has 1 saturated heterocycles. The minimum atomic E-state index is 0.106. The zero-order valence-corrected chi connectivity index (χ0v) is 16.5. The van der Waals surface area contributed by atoms with Crippen molar-refractivity contribution in [2.24, 2.45) is 5.92 Å². The van der Waals surface area contributed by atoms with Gasteiger partial charge in [-0.15, -0.1) is 0 Å². The first-order valence-electron chi connectivity index (χ1n) is 11.1. The van der Waals surface area contributed by atoms with E-state index in [2.05, 4.69) is 57.4 Å². The van der Waals surface area contributed by atoms with Crippen LogP contribution in [-0.2, 0) is 5.54 Å². The van der Waals surface area contributed by atoms with Crippen LogP contribution in [0.3, 0.4) is 0 Å². The van der Waals surface area contributed by atoms with E-state index in [0.717, 1.165) is 5.92 Å². The van der Waals surface area contributed by atoms with Crippen molar-refractivity contribution in [3.05, 3.63) is 48.3 Å². The van der Waals surface area contributed by atoms with Gasteiger partial charge >= 0.3 is 0 Å². The van der Waals surface area contributed by atoms with Crippen LogP contribution in [0.2, 0.25) is 0 Å². The average Bonchev–Trinajstić information content (AvgIpc) is 3.17. The zero-order valence-electron chi connectivity index (χ0n) is 16.5. The van der Waals surface area contributed by atoms with Crippen molar-refractivity contribution in [1.82, 2.24) is 9.47 Å². The van der Waals surface area contributed by atoms with Gasteiger partial charge < -0.3 is 14.8 Å². The highest BCUT2D eigenvalue weighted by molar-refractivity contribution is 5.66. The summed E-state index contributed by atoms with van der Waals surface area (Å²) in [5.41, 5.74) is 4.14. The summed E-state index contributed by atoms with van der Waals surface area (Å²) in [5, 5.41) is 3.95. The average molecular weight is 364 g/mol. The number of benzene rings is 1. The van der Waals surface area contributed by atoms with Crippen molar-refractivity contribution in [3.63, 3.8) is 0 Å². The number of para-hydroxylation sites is 2. The normalized spacial score (nSPS) is 23.1. The molecule has 2 fully saturated rings. The van der Waals surface area contributed by atoms with E-state index in [1.807, 2.05) is 0 Å². The van der Waals surface area contributed by atoms with Crippen LogP contribution in [0, 0.1) is 5.92 Å². The minimum Gasteiger partial charge on any atom is -0.372 e. The number of hydrogen-bond acceptors (Lipinski definition) is 2. The lowest BCUT2D eigenvalue weighted by atomic mass is 9.81. The number of aromatic nitrogens is 1. The second-order valence-electron chi connectivity index (χ2n) is 9.00. The van der Waals surface area contributed by atoms with E-state index in [-0.39, 0.29) is 5.54 Å². The molecule has 1 aliphatic carbocycles. The Morgan fingerprint density at radius 1 is 0.889 bits per heavy atom. The highest BCUT2D eigenvalue weighted by Gasteiger charge is 2.41. The Labute approximate surface area is 163 Å². The first-order valence-corrected chi connectivity index (χ1v) is 11.1. The van der Waals surface area contributed by atoms with Crippen molar-refractivity contribution in [3.8, 4) is 5.69 Å². The second kappa shape index (κ2) is 7.35. The lowest BCUT2D eigenvalue weighted by molar-refractivity contribution is 0.138. The molecule has 3 heteroatoms. The highest BCUT2D eigenvalue weighted by Crippen LogP contribution is 2.43. The van der Waals surface area contributed by atoms with Crippen molar-refractivity contribution in [1.29, 1.82) is 0 Å². The van der Waals surface area contributed by atoms with Gasteiger partial charge in [-0.1, -0.05) is 44.2 Å². The Morgan fingerprint density at radius 2 is 1.63 bits per heavy atom. The molecule has 3 nitrogen and oxygen atoms in total. The van der Waals surface area contributed by atoms with E-state index >= 15 is 0 Å². The molecule has 3 heterocycles. The van der Waals surface area contributed by atoms with Crippen LogP contribution in [0.4, 0.5) is 5.69 Å². The summed E-state index contributed by atoms with van der Waals surface area (Å²) in [6.45, 7) is 3.77. The van der Waals surface area contributed by atoms with Gasteiger partial charge in [0.2, 0.25) is 0 Å². The van der Waals surface area contributed by atoms with Crippen molar-refractivity contribution in [2.75, 3.05) is 25.0 Å². The fourth-order valence-electron chi connectivity index (χ4n) is 5.68. The standard InChI is InChI=1S/C24H33N3/c1-2-4-9-20(10-5-3-1)19-26-17-14-24(15-18-26)23-13-8-16-27(23)22-12-7-6-11-21(22)25-24/h6-8,11-13,16,20,25H,1-5,9-10,14-15,17-19H2. The molecular formula is C24H33N3. The highest BCUT2D eigenvalue weighted by atomic mass is 15.2. The molecule has 0 radical (unpaired) electrons. The Morgan fingerprint density at radius 3 is 2.44 bits per heavy atom. The maximum absolute atomic E-state index is 3.95. The number of hydrogen-bond donors (Lipinski definition) is 1. The Kier molecular flexibility index (Phi) is 4.73. The van der Waals surface area contributed by atoms with Crippen LogP contribution >= 0.6 is 0 Å². The number of nitrogens with zero attached hydrogens (tertiary/aromatic N) is 2. The van der Waals surface area contributed by atoms with Gasteiger partial charge in [-0.25, -0.2) is 0 Å². The molecule has 0 unspecified atom stereocenters. The fraction of sp³-hybridized carbons (Fsp3) is 0.583. The summed E-state index contributed by atoms with van der Waals surface area (Å²) in [6, 6.07) is 13.3. The van der Waals surface area contributed by atoms with E-state index in [4.69, 9.17) is 0 Å². The molecule has 27 heavy (non-hydrogen) atoms. The molecular weight excluding hydrogens is 330 g/mol. The van der Waals surface area contributed by atoms with Gasteiger partial charge in [-0.3, -0.25) is 0 Å². The van der Waals surface area contributed by atoms with Crippen LogP contribution in [0.15, 0.2) is 42.6 Å². The monoisotopic (exact) mass is 363 g/mol. The summed E-state index contributed by atoms with van der Waals surface area (Å²) < 4.78 is 2.41. The summed E-state index contributed by atoms with van der Waals surface area (Å²) in [5.74, 6) is 0.934. The molecule has 2 aromatic rings. The molecule has 1 N–H and O–H groups in total. The summed E-state index contributed by atoms with van der Waals surface area (Å²) in [4.78, 5) is 2.76. The molecule has 0 amide bonds. The van der Waals surface area contributed by atoms with Gasteiger partial charge in [0.15, 0.2) is 0 Å². The summed E-state index contributed by atoms with van der Waals surface area (Å²) in [7, 11) is 0. The molecule has 1 spiro atoms. The number of nitrogens with one attached hydrogen (secondary N) is 1. The number of anilines is 1. The van der Waals surface area contributed by atoms with E-state index in [1.54, 1.807) is 0 Å². The molecule has 2 aliphatic heterocycles. The van der Waals surface area contributed by atoms with Gasteiger partial charge in [0.25, 0.3) is 0 Å². The van der Waals surface area contributed by atoms with Crippen molar-refractivity contribution in [2.45, 2.75) is 63.3 Å². The Bertz CT molecular complexity index is 761. The third-order valence-electron chi connectivity index (χ3n) is 7.23. The number of fused-ring (bicyclic) bond motifs is 4. The SMILES string of the molecule is c1ccc2c(c1)NC1(CCN(CC3CCCCCCC3)CC1)c1cccn1-2. The topological polar surface area (TPSA) is 20.2 Å². The third kappa shape index (κ3) is 3.31. The smallest absolute Gasteiger partial charge is 0.0804 e. The third-order valence-corrected chi connectivity index (χ3v) is 7.23. The van der Waals surface area contributed by atoms with Crippen LogP contribution in [0.5, 0.6) is 0 Å². The van der Waals surface area contributed by atoms with E-state index < -0.39 is 0 Å². The second-order valence-corrected chi connectivity index (χ2v) is 9.00. The van der Waals surface area contributed by atoms with E-state index in [1.165, 1.54) is 94.5 Å². The molecule has 5 rings (SSSR count). The number of rotatable bonds is 2. The predicted molar refractivity (Wildman–Crippen MR) is 113 cm³/mol. The fourth-order valence-corrected chi connectivity index (χ4v) is 5.68. The molecule has 1 aromatic carbocycles. The maximum atomic E-state index is 3.95. The van der Waals surface area contributed by atoms with Gasteiger partial charge in [0.05, 0.1) is 16.9 Å². The molecule has 0 bridgehead atoms. The van der Waals surface area contributed by atoms with Gasteiger partial charge in [-0.2, -0.15) is 0 Å². The lowest BCUT2D eigenvalue weighted by Gasteiger charge is -2.47. The first-order chi connectivity index (χ1) is 13.3. The minimum absolute atomic E-state index is 0.106. The van der Waals surface area contributed by atoms with Crippen molar-refractivity contribution < 1.29 is 0 Å². The summed E-state index contributed by atoms with van der Waals surface area (Å²) >= 11 is 0. The Hall–Kier alpha value is -1.74. The van der Waals surface area contributed by atoms with Gasteiger partial charge in [0, 0.05) is 31.5 Å². The zero-order chi connectivity index (χ0) is 18.1. The lowest BCUT2D eigenvalue weighted by Crippen LogP contribution is -2.50. The molecule has 144 valence electrons. The maximum Gasteiger partial charge on any atom is 0.0804 e. The van der Waals surface area contributed by atoms with Crippen LogP contribution in [-0.4, -0.2) is 29.1 Å². The van der Waals surface area contributed by atoms with Crippen LogP contribution in [0.1, 0.15) is 63.5 Å². The molecule has 1 saturated carbocycles. The number of likely N-dealkylation sites (tertiary alicyclic amines) is 1. The van der Waals surface area contributed by atoms with Gasteiger partial charge in [0.1, 0.15) is 0 Å². The predicted octanol–water partition coefficient (Wildman–Crippen LogP) is 5.55. The van der Waals surface area contributed by atoms with Crippen LogP contribution in [0.25, 0.3) is 5.69 Å². The molecule has 3 aliphatic rings. The molecule has 1 aromatic heterocycles. The quantitative estimate of drug-likeness (QED) is 0.754. The van der Waals surface area contributed by atoms with E-state index in [0.29, 0.717) is 0 Å².